The minimum absolute atomic E-state index is 0.0113. The van der Waals surface area contributed by atoms with Crippen molar-refractivity contribution in [2.24, 2.45) is 16.7 Å². The number of hydrogen-bond acceptors (Lipinski definition) is 2. The molecule has 0 saturated heterocycles. The maximum atomic E-state index is 12.2. The number of allylic oxidation sites excluding steroid dienone is 17. The predicted molar refractivity (Wildman–Crippen MR) is 183 cm³/mol. The van der Waals surface area contributed by atoms with Gasteiger partial charge >= 0.3 is 0 Å². The Balaban J connectivity index is 1.80. The molecule has 2 rings (SSSR count). The number of aliphatic hydroxyl groups excluding tert-OH is 1. The molecular weight excluding hydrogens is 512 g/mol. The number of rotatable bonds is 12. The second-order valence-electron chi connectivity index (χ2n) is 14.1. The van der Waals surface area contributed by atoms with Crippen molar-refractivity contribution >= 4 is 5.78 Å². The van der Waals surface area contributed by atoms with E-state index in [2.05, 4.69) is 129 Å². The van der Waals surface area contributed by atoms with Gasteiger partial charge in [0.1, 0.15) is 0 Å². The highest BCUT2D eigenvalue weighted by Crippen LogP contribution is 2.41. The third-order valence-electron chi connectivity index (χ3n) is 8.91. The van der Waals surface area contributed by atoms with Crippen molar-refractivity contribution in [3.63, 3.8) is 0 Å². The maximum absolute atomic E-state index is 12.2. The molecule has 0 aromatic carbocycles. The van der Waals surface area contributed by atoms with Crippen molar-refractivity contribution in [1.29, 1.82) is 0 Å². The Labute approximate surface area is 258 Å². The molecule has 42 heavy (non-hydrogen) atoms. The monoisotopic (exact) mass is 570 g/mol. The number of aliphatic hydroxyl groups is 1. The topological polar surface area (TPSA) is 37.3 Å². The zero-order chi connectivity index (χ0) is 31.5. The van der Waals surface area contributed by atoms with Crippen LogP contribution < -0.4 is 0 Å². The van der Waals surface area contributed by atoms with E-state index >= 15 is 0 Å². The molecule has 1 unspecified atom stereocenters. The second-order valence-corrected chi connectivity index (χ2v) is 14.1. The first-order valence-corrected chi connectivity index (χ1v) is 16.0. The van der Waals surface area contributed by atoms with Crippen LogP contribution >= 0.6 is 0 Å². The first-order valence-electron chi connectivity index (χ1n) is 16.0. The number of Topliss-reactive ketones (excluding diaryl/α,β-unsaturated/α-hetero) is 1. The lowest BCUT2D eigenvalue weighted by Gasteiger charge is -2.35. The van der Waals surface area contributed by atoms with Gasteiger partial charge in [-0.1, -0.05) is 124 Å². The molecule has 2 heteroatoms. The summed E-state index contributed by atoms with van der Waals surface area (Å²) in [5, 5.41) is 10.1. The van der Waals surface area contributed by atoms with E-state index in [1.165, 1.54) is 33.4 Å². The van der Waals surface area contributed by atoms with Gasteiger partial charge in [-0.2, -0.15) is 0 Å². The van der Waals surface area contributed by atoms with E-state index in [-0.39, 0.29) is 16.9 Å². The smallest absolute Gasteiger partial charge is 0.158 e. The Kier molecular flexibility index (Phi) is 13.7. The molecule has 0 amide bonds. The van der Waals surface area contributed by atoms with Gasteiger partial charge in [0.25, 0.3) is 0 Å². The van der Waals surface area contributed by atoms with E-state index in [4.69, 9.17) is 0 Å². The maximum Gasteiger partial charge on any atom is 0.158 e. The third kappa shape index (κ3) is 11.5. The summed E-state index contributed by atoms with van der Waals surface area (Å²) in [4.78, 5) is 12.2. The lowest BCUT2D eigenvalue weighted by atomic mass is 9.71. The van der Waals surface area contributed by atoms with Crippen LogP contribution in [-0.4, -0.2) is 17.0 Å². The summed E-state index contributed by atoms with van der Waals surface area (Å²) in [5.74, 6) is 0.927. The van der Waals surface area contributed by atoms with Crippen LogP contribution in [0.5, 0.6) is 0 Å². The third-order valence-corrected chi connectivity index (χ3v) is 8.91. The van der Waals surface area contributed by atoms with Crippen LogP contribution in [0.25, 0.3) is 0 Å². The van der Waals surface area contributed by atoms with Crippen molar-refractivity contribution < 1.29 is 9.90 Å². The Morgan fingerprint density at radius 3 is 2.21 bits per heavy atom. The van der Waals surface area contributed by atoms with Crippen molar-refractivity contribution in [3.05, 3.63) is 106 Å². The van der Waals surface area contributed by atoms with Crippen LogP contribution in [0.15, 0.2) is 106 Å². The Morgan fingerprint density at radius 1 is 0.905 bits per heavy atom. The van der Waals surface area contributed by atoms with Gasteiger partial charge < -0.3 is 5.11 Å². The Hall–Kier alpha value is -2.71. The van der Waals surface area contributed by atoms with E-state index in [9.17, 15) is 9.90 Å². The van der Waals surface area contributed by atoms with Gasteiger partial charge in [-0.25, -0.2) is 0 Å². The molecule has 0 spiro atoms. The predicted octanol–water partition coefficient (Wildman–Crippen LogP) is 11.1. The highest BCUT2D eigenvalue weighted by Gasteiger charge is 2.32. The van der Waals surface area contributed by atoms with Crippen LogP contribution in [0.3, 0.4) is 0 Å². The average Bonchev–Trinajstić information content (AvgIpc) is 2.87. The highest BCUT2D eigenvalue weighted by atomic mass is 16.3. The fourth-order valence-electron chi connectivity index (χ4n) is 6.14. The first-order chi connectivity index (χ1) is 19.6. The fourth-order valence-corrected chi connectivity index (χ4v) is 6.14. The fraction of sp³-hybridized carbons (Fsp3) is 0.525. The van der Waals surface area contributed by atoms with E-state index in [1.54, 1.807) is 0 Å². The van der Waals surface area contributed by atoms with Crippen molar-refractivity contribution in [2.75, 3.05) is 0 Å². The van der Waals surface area contributed by atoms with Crippen LogP contribution in [0, 0.1) is 16.7 Å². The highest BCUT2D eigenvalue weighted by molar-refractivity contribution is 5.97. The quantitative estimate of drug-likeness (QED) is 0.237. The van der Waals surface area contributed by atoms with Gasteiger partial charge in [-0.3, -0.25) is 4.79 Å². The first kappa shape index (κ1) is 35.5. The lowest BCUT2D eigenvalue weighted by Crippen LogP contribution is -2.28. The Morgan fingerprint density at radius 2 is 1.52 bits per heavy atom. The van der Waals surface area contributed by atoms with Crippen LogP contribution in [-0.2, 0) is 4.79 Å². The normalized spacial score (nSPS) is 23.5. The minimum atomic E-state index is -0.222. The van der Waals surface area contributed by atoms with Gasteiger partial charge in [-0.05, 0) is 107 Å². The molecule has 0 fully saturated rings. The molecule has 0 bridgehead atoms. The summed E-state index contributed by atoms with van der Waals surface area (Å²) in [5.41, 5.74) is 8.57. The molecule has 2 nitrogen and oxygen atoms in total. The summed E-state index contributed by atoms with van der Waals surface area (Å²) in [7, 11) is 0. The van der Waals surface area contributed by atoms with Gasteiger partial charge in [0.05, 0.1) is 6.10 Å². The van der Waals surface area contributed by atoms with Gasteiger partial charge in [0.15, 0.2) is 5.78 Å². The molecule has 0 aliphatic heterocycles. The molecule has 2 aliphatic rings. The molecule has 2 atom stereocenters. The second kappa shape index (κ2) is 16.2. The van der Waals surface area contributed by atoms with E-state index in [0.717, 1.165) is 44.1 Å². The molecular formula is C40H58O2. The van der Waals surface area contributed by atoms with Gasteiger partial charge in [0, 0.05) is 6.42 Å². The summed E-state index contributed by atoms with van der Waals surface area (Å²) in [6, 6.07) is 0. The number of ketones is 1. The van der Waals surface area contributed by atoms with Gasteiger partial charge in [0.2, 0.25) is 0 Å². The van der Waals surface area contributed by atoms with E-state index in [0.29, 0.717) is 18.1 Å². The molecule has 230 valence electrons. The van der Waals surface area contributed by atoms with Crippen molar-refractivity contribution in [2.45, 2.75) is 120 Å². The van der Waals surface area contributed by atoms with E-state index in [1.807, 2.05) is 6.92 Å². The summed E-state index contributed by atoms with van der Waals surface area (Å²) in [6.07, 6.45) is 30.4. The number of hydrogen-bond donors (Lipinski definition) is 1. The molecule has 0 saturated carbocycles. The minimum Gasteiger partial charge on any atom is -0.393 e. The van der Waals surface area contributed by atoms with E-state index < -0.39 is 0 Å². The summed E-state index contributed by atoms with van der Waals surface area (Å²) >= 11 is 0. The Bertz CT molecular complexity index is 1230. The van der Waals surface area contributed by atoms with Crippen LogP contribution in [0.4, 0.5) is 0 Å². The zero-order valence-electron chi connectivity index (χ0n) is 28.3. The molecule has 0 aromatic heterocycles. The summed E-state index contributed by atoms with van der Waals surface area (Å²) < 4.78 is 0. The SMILES string of the molecule is CC1=C(/C=C/C(C)=C/C=C/C(C)=C/C=C/CC(C)CC/C=C(C)/C=C/C2=C(C)C(=O)CCC2(C)C)C(C)(C)C[C@@H](O)C1. The molecule has 2 aliphatic carbocycles. The average molecular weight is 571 g/mol. The lowest BCUT2D eigenvalue weighted by molar-refractivity contribution is -0.116. The van der Waals surface area contributed by atoms with Crippen LogP contribution in [0.2, 0.25) is 0 Å². The zero-order valence-corrected chi connectivity index (χ0v) is 28.3. The van der Waals surface area contributed by atoms with Crippen molar-refractivity contribution in [1.82, 2.24) is 0 Å². The van der Waals surface area contributed by atoms with Crippen LogP contribution in [0.1, 0.15) is 114 Å². The standard InChI is InChI=1S/C40H58O2/c1-29(17-13-19-31(3)21-23-36-33(5)27-35(41)28-40(36,9)10)15-11-12-16-30(2)18-14-20-32(4)22-24-37-34(6)38(42)25-26-39(37,7)8/h11-13,15,17,19-24,30,35,41H,14,16,18,25-28H2,1-10H3/b12-11+,17-13+,23-21+,24-22+,29-15+,31-19+,32-20+/t30?,35-/m0/s1. The molecule has 0 aromatic rings. The molecule has 0 radical (unpaired) electrons. The summed E-state index contributed by atoms with van der Waals surface area (Å²) in [6.45, 7) is 21.8. The molecule has 0 heterocycles. The van der Waals surface area contributed by atoms with Gasteiger partial charge in [-0.15, -0.1) is 0 Å². The van der Waals surface area contributed by atoms with Crippen molar-refractivity contribution in [3.8, 4) is 0 Å². The number of carbonyl (C=O) groups is 1. The largest absolute Gasteiger partial charge is 0.393 e. The molecule has 1 N–H and O–H groups in total. The number of carbonyl (C=O) groups excluding carboxylic acids is 1.